The van der Waals surface area contributed by atoms with Crippen molar-refractivity contribution in [3.8, 4) is 0 Å². The SMILES string of the molecule is O=C(COC(=O)[C@H]1CC(=O)N(c2ccccc2Cl)C1)Nc1ccccc1Cl. The number of carbonyl (C=O) groups excluding carboxylic acids is 3. The zero-order valence-electron chi connectivity index (χ0n) is 14.2. The van der Waals surface area contributed by atoms with Crippen LogP contribution in [0.3, 0.4) is 0 Å². The second-order valence-electron chi connectivity index (χ2n) is 5.99. The van der Waals surface area contributed by atoms with Crippen LogP contribution in [-0.2, 0) is 19.1 Å². The highest BCUT2D eigenvalue weighted by molar-refractivity contribution is 6.34. The average molecular weight is 407 g/mol. The minimum atomic E-state index is -0.651. The number of esters is 1. The van der Waals surface area contributed by atoms with Gasteiger partial charge in [-0.25, -0.2) is 0 Å². The van der Waals surface area contributed by atoms with Gasteiger partial charge in [-0.3, -0.25) is 14.4 Å². The first kappa shape index (κ1) is 19.2. The largest absolute Gasteiger partial charge is 0.455 e. The molecule has 27 heavy (non-hydrogen) atoms. The van der Waals surface area contributed by atoms with Gasteiger partial charge in [-0.05, 0) is 24.3 Å². The van der Waals surface area contributed by atoms with Crippen molar-refractivity contribution < 1.29 is 19.1 Å². The molecule has 0 radical (unpaired) electrons. The number of nitrogens with one attached hydrogen (secondary N) is 1. The van der Waals surface area contributed by atoms with Crippen LogP contribution in [0.1, 0.15) is 6.42 Å². The molecule has 0 spiro atoms. The van der Waals surface area contributed by atoms with Crippen molar-refractivity contribution in [1.29, 1.82) is 0 Å². The zero-order valence-corrected chi connectivity index (χ0v) is 15.7. The first-order chi connectivity index (χ1) is 13.0. The van der Waals surface area contributed by atoms with Crippen LogP contribution in [0, 0.1) is 5.92 Å². The molecule has 1 saturated heterocycles. The molecule has 1 heterocycles. The first-order valence-electron chi connectivity index (χ1n) is 8.21. The van der Waals surface area contributed by atoms with Crippen LogP contribution in [0.15, 0.2) is 48.5 Å². The average Bonchev–Trinajstić information content (AvgIpc) is 3.04. The van der Waals surface area contributed by atoms with Gasteiger partial charge in [-0.2, -0.15) is 0 Å². The van der Waals surface area contributed by atoms with Crippen LogP contribution in [0.5, 0.6) is 0 Å². The summed E-state index contributed by atoms with van der Waals surface area (Å²) in [5.74, 6) is -1.98. The number of ether oxygens (including phenoxy) is 1. The van der Waals surface area contributed by atoms with Crippen LogP contribution >= 0.6 is 23.2 Å². The monoisotopic (exact) mass is 406 g/mol. The minimum Gasteiger partial charge on any atom is -0.455 e. The van der Waals surface area contributed by atoms with Crippen molar-refractivity contribution in [3.05, 3.63) is 58.6 Å². The fraction of sp³-hybridized carbons (Fsp3) is 0.211. The van der Waals surface area contributed by atoms with Crippen LogP contribution < -0.4 is 10.2 Å². The third kappa shape index (κ3) is 4.59. The van der Waals surface area contributed by atoms with Crippen molar-refractivity contribution in [3.63, 3.8) is 0 Å². The molecule has 2 aromatic carbocycles. The summed E-state index contributed by atoms with van der Waals surface area (Å²) >= 11 is 12.1. The van der Waals surface area contributed by atoms with Gasteiger partial charge >= 0.3 is 5.97 Å². The lowest BCUT2D eigenvalue weighted by atomic mass is 10.1. The molecule has 0 unspecified atom stereocenters. The molecule has 1 aliphatic heterocycles. The summed E-state index contributed by atoms with van der Waals surface area (Å²) in [6, 6.07) is 13.6. The number of para-hydroxylation sites is 2. The van der Waals surface area contributed by atoms with Crippen molar-refractivity contribution in [1.82, 2.24) is 0 Å². The van der Waals surface area contributed by atoms with Gasteiger partial charge in [0.25, 0.3) is 5.91 Å². The Morgan fingerprint density at radius 1 is 1.07 bits per heavy atom. The highest BCUT2D eigenvalue weighted by Gasteiger charge is 2.37. The fourth-order valence-corrected chi connectivity index (χ4v) is 3.19. The smallest absolute Gasteiger partial charge is 0.311 e. The Morgan fingerprint density at radius 2 is 1.74 bits per heavy atom. The number of anilines is 2. The summed E-state index contributed by atoms with van der Waals surface area (Å²) in [7, 11) is 0. The van der Waals surface area contributed by atoms with E-state index in [2.05, 4.69) is 5.32 Å². The van der Waals surface area contributed by atoms with Gasteiger partial charge in [0.1, 0.15) is 0 Å². The highest BCUT2D eigenvalue weighted by Crippen LogP contribution is 2.31. The molecule has 3 rings (SSSR count). The van der Waals surface area contributed by atoms with Crippen molar-refractivity contribution in [2.75, 3.05) is 23.4 Å². The van der Waals surface area contributed by atoms with E-state index in [-0.39, 0.29) is 18.9 Å². The molecule has 8 heteroatoms. The normalized spacial score (nSPS) is 16.3. The molecule has 1 fully saturated rings. The number of nitrogens with zero attached hydrogens (tertiary/aromatic N) is 1. The van der Waals surface area contributed by atoms with Gasteiger partial charge in [0.15, 0.2) is 6.61 Å². The lowest BCUT2D eigenvalue weighted by Crippen LogP contribution is -2.28. The Labute approximate surface area is 166 Å². The van der Waals surface area contributed by atoms with E-state index in [9.17, 15) is 14.4 Å². The first-order valence-corrected chi connectivity index (χ1v) is 8.97. The van der Waals surface area contributed by atoms with Crippen molar-refractivity contribution >= 4 is 52.4 Å². The second-order valence-corrected chi connectivity index (χ2v) is 6.81. The van der Waals surface area contributed by atoms with E-state index in [4.69, 9.17) is 27.9 Å². The number of amides is 2. The predicted octanol–water partition coefficient (Wildman–Crippen LogP) is 3.53. The topological polar surface area (TPSA) is 75.7 Å². The van der Waals surface area contributed by atoms with Crippen molar-refractivity contribution in [2.24, 2.45) is 5.92 Å². The van der Waals surface area contributed by atoms with Crippen LogP contribution in [0.25, 0.3) is 0 Å². The van der Waals surface area contributed by atoms with Crippen LogP contribution in [0.2, 0.25) is 10.0 Å². The Balaban J connectivity index is 1.54. The lowest BCUT2D eigenvalue weighted by Gasteiger charge is -2.17. The van der Waals surface area contributed by atoms with E-state index in [1.807, 2.05) is 0 Å². The Hall–Kier alpha value is -2.57. The molecule has 0 saturated carbocycles. The third-order valence-corrected chi connectivity index (χ3v) is 4.74. The molecule has 0 aliphatic carbocycles. The van der Waals surface area contributed by atoms with E-state index in [0.29, 0.717) is 21.4 Å². The van der Waals surface area contributed by atoms with E-state index in [0.717, 1.165) is 0 Å². The summed E-state index contributed by atoms with van der Waals surface area (Å²) in [5, 5.41) is 3.38. The van der Waals surface area contributed by atoms with Crippen LogP contribution in [-0.4, -0.2) is 30.9 Å². The molecule has 2 amide bonds. The van der Waals surface area contributed by atoms with Gasteiger partial charge in [0.05, 0.1) is 27.3 Å². The standard InChI is InChI=1S/C19H16Cl2N2O4/c20-13-5-1-3-7-15(13)22-17(24)11-27-19(26)12-9-18(25)23(10-12)16-8-4-2-6-14(16)21/h1-8,12H,9-11H2,(H,22,24)/t12-/m0/s1. The van der Waals surface area contributed by atoms with Gasteiger partial charge in [-0.1, -0.05) is 47.5 Å². The summed E-state index contributed by atoms with van der Waals surface area (Å²) in [6.45, 7) is -0.297. The fourth-order valence-electron chi connectivity index (χ4n) is 2.77. The molecule has 0 aromatic heterocycles. The molecule has 6 nitrogen and oxygen atoms in total. The Kier molecular flexibility index (Phi) is 5.98. The summed E-state index contributed by atoms with van der Waals surface area (Å²) in [5.41, 5.74) is 0.983. The maximum absolute atomic E-state index is 12.2. The summed E-state index contributed by atoms with van der Waals surface area (Å²) < 4.78 is 5.06. The minimum absolute atomic E-state index is 0.0101. The number of rotatable bonds is 5. The highest BCUT2D eigenvalue weighted by atomic mass is 35.5. The summed E-state index contributed by atoms with van der Waals surface area (Å²) in [4.78, 5) is 37.9. The molecular weight excluding hydrogens is 391 g/mol. The molecule has 1 aliphatic rings. The van der Waals surface area contributed by atoms with Gasteiger partial charge in [-0.15, -0.1) is 0 Å². The molecular formula is C19H16Cl2N2O4. The lowest BCUT2D eigenvalue weighted by molar-refractivity contribution is -0.151. The van der Waals surface area contributed by atoms with E-state index in [1.165, 1.54) is 4.90 Å². The Morgan fingerprint density at radius 3 is 2.44 bits per heavy atom. The number of hydrogen-bond acceptors (Lipinski definition) is 4. The van der Waals surface area contributed by atoms with Gasteiger partial charge in [0, 0.05) is 13.0 Å². The van der Waals surface area contributed by atoms with Gasteiger partial charge in [0.2, 0.25) is 5.91 Å². The van der Waals surface area contributed by atoms with Crippen molar-refractivity contribution in [2.45, 2.75) is 6.42 Å². The third-order valence-electron chi connectivity index (χ3n) is 4.10. The number of carbonyl (C=O) groups is 3. The van der Waals surface area contributed by atoms with E-state index < -0.39 is 24.4 Å². The van der Waals surface area contributed by atoms with E-state index in [1.54, 1.807) is 48.5 Å². The maximum atomic E-state index is 12.2. The molecule has 1 N–H and O–H groups in total. The molecule has 0 bridgehead atoms. The molecule has 140 valence electrons. The van der Waals surface area contributed by atoms with Crippen LogP contribution in [0.4, 0.5) is 11.4 Å². The van der Waals surface area contributed by atoms with Gasteiger partial charge < -0.3 is 15.0 Å². The Bertz CT molecular complexity index is 888. The summed E-state index contributed by atoms with van der Waals surface area (Å²) in [6.07, 6.45) is 0.0101. The number of benzene rings is 2. The maximum Gasteiger partial charge on any atom is 0.311 e. The zero-order chi connectivity index (χ0) is 19.4. The van der Waals surface area contributed by atoms with E-state index >= 15 is 0 Å². The number of hydrogen-bond donors (Lipinski definition) is 1. The molecule has 1 atom stereocenters. The predicted molar refractivity (Wildman–Crippen MR) is 103 cm³/mol. The number of halogens is 2. The quantitative estimate of drug-likeness (QED) is 0.770. The second kappa shape index (κ2) is 8.41. The molecule has 2 aromatic rings.